The summed E-state index contributed by atoms with van der Waals surface area (Å²) < 4.78 is 6.00. The number of carbonyl (C=O) groups is 1. The quantitative estimate of drug-likeness (QED) is 0.774. The summed E-state index contributed by atoms with van der Waals surface area (Å²) in [5.41, 5.74) is 0.894. The van der Waals surface area contributed by atoms with Gasteiger partial charge in [-0.1, -0.05) is 36.1 Å². The predicted octanol–water partition coefficient (Wildman–Crippen LogP) is 3.64. The lowest BCUT2D eigenvalue weighted by molar-refractivity contribution is -0.130. The number of thioether (sulfide) groups is 1. The molecule has 1 saturated heterocycles. The molecule has 1 aliphatic rings. The Morgan fingerprint density at radius 3 is 3.16 bits per heavy atom. The highest BCUT2D eigenvalue weighted by Gasteiger charge is 2.21. The van der Waals surface area contributed by atoms with Gasteiger partial charge in [0.25, 0.3) is 0 Å². The normalized spacial score (nSPS) is 17.4. The van der Waals surface area contributed by atoms with Crippen molar-refractivity contribution in [2.75, 3.05) is 31.3 Å². The lowest BCUT2D eigenvalue weighted by atomic mass is 10.0. The predicted molar refractivity (Wildman–Crippen MR) is 102 cm³/mol. The minimum absolute atomic E-state index is 0.189. The molecule has 2 aromatic rings. The lowest BCUT2D eigenvalue weighted by Crippen LogP contribution is -2.40. The molecular formula is C17H22N4O2S2. The number of amides is 1. The molecular weight excluding hydrogens is 356 g/mol. The first-order chi connectivity index (χ1) is 12.1. The number of carbonyl (C=O) groups excluding carboxylic acids is 1. The summed E-state index contributed by atoms with van der Waals surface area (Å²) in [6.07, 6.45) is 2.32. The molecule has 0 bridgehead atoms. The number of nitrogens with zero attached hydrogens (tertiary/aromatic N) is 3. The highest BCUT2D eigenvalue weighted by Crippen LogP contribution is 2.29. The van der Waals surface area contributed by atoms with Gasteiger partial charge < -0.3 is 15.0 Å². The smallest absolute Gasteiger partial charge is 0.233 e. The van der Waals surface area contributed by atoms with Gasteiger partial charge in [0.05, 0.1) is 12.9 Å². The van der Waals surface area contributed by atoms with E-state index in [1.807, 2.05) is 29.2 Å². The first-order valence-corrected chi connectivity index (χ1v) is 10.1. The van der Waals surface area contributed by atoms with Gasteiger partial charge in [-0.25, -0.2) is 0 Å². The number of rotatable bonds is 6. The van der Waals surface area contributed by atoms with Crippen LogP contribution in [-0.2, 0) is 4.79 Å². The third kappa shape index (κ3) is 5.09. The Bertz CT molecular complexity index is 722. The van der Waals surface area contributed by atoms with Crippen molar-refractivity contribution < 1.29 is 9.53 Å². The minimum atomic E-state index is 0.189. The van der Waals surface area contributed by atoms with E-state index in [1.54, 1.807) is 7.11 Å². The van der Waals surface area contributed by atoms with Crippen molar-refractivity contribution in [2.24, 2.45) is 5.92 Å². The van der Waals surface area contributed by atoms with Crippen molar-refractivity contribution >= 4 is 39.8 Å². The van der Waals surface area contributed by atoms with Crippen molar-refractivity contribution in [1.29, 1.82) is 0 Å². The Hall–Kier alpha value is -1.80. The van der Waals surface area contributed by atoms with Gasteiger partial charge >= 0.3 is 0 Å². The second kappa shape index (κ2) is 8.53. The molecule has 0 saturated carbocycles. The van der Waals surface area contributed by atoms with Crippen LogP contribution in [0.25, 0.3) is 0 Å². The second-order valence-electron chi connectivity index (χ2n) is 6.11. The van der Waals surface area contributed by atoms with Gasteiger partial charge in [0.15, 0.2) is 4.34 Å². The van der Waals surface area contributed by atoms with Crippen LogP contribution in [0.2, 0.25) is 0 Å². The van der Waals surface area contributed by atoms with Gasteiger partial charge in [-0.2, -0.15) is 0 Å². The van der Waals surface area contributed by atoms with Gasteiger partial charge in [-0.3, -0.25) is 4.79 Å². The number of ether oxygens (including phenoxy) is 1. The molecule has 2 heterocycles. The van der Waals surface area contributed by atoms with E-state index in [4.69, 9.17) is 4.74 Å². The zero-order valence-corrected chi connectivity index (χ0v) is 16.0. The molecule has 8 heteroatoms. The Morgan fingerprint density at radius 1 is 1.48 bits per heavy atom. The maximum absolute atomic E-state index is 12.3. The molecule has 134 valence electrons. The second-order valence-corrected chi connectivity index (χ2v) is 8.31. The minimum Gasteiger partial charge on any atom is -0.497 e. The average molecular weight is 379 g/mol. The topological polar surface area (TPSA) is 67.3 Å². The fourth-order valence-corrected chi connectivity index (χ4v) is 4.45. The standard InChI is InChI=1S/C17H22N4O2S2/c1-12-5-4-8-21(10-12)15(22)11-24-17-20-19-16(25-17)18-13-6-3-7-14(9-13)23-2/h3,6-7,9,12H,4-5,8,10-11H2,1-2H3,(H,18,19)/t12-/m1/s1. The number of piperidine rings is 1. The van der Waals surface area contributed by atoms with Gasteiger partial charge in [0, 0.05) is 24.8 Å². The molecule has 3 rings (SSSR count). The number of anilines is 2. The molecule has 1 amide bonds. The largest absolute Gasteiger partial charge is 0.497 e. The molecule has 1 aliphatic heterocycles. The fourth-order valence-electron chi connectivity index (χ4n) is 2.77. The molecule has 0 radical (unpaired) electrons. The summed E-state index contributed by atoms with van der Waals surface area (Å²) in [7, 11) is 1.64. The fraction of sp³-hybridized carbons (Fsp3) is 0.471. The molecule has 6 nitrogen and oxygen atoms in total. The Balaban J connectivity index is 1.52. The van der Waals surface area contributed by atoms with E-state index < -0.39 is 0 Å². The van der Waals surface area contributed by atoms with Crippen LogP contribution in [0.1, 0.15) is 19.8 Å². The van der Waals surface area contributed by atoms with Crippen molar-refractivity contribution in [1.82, 2.24) is 15.1 Å². The lowest BCUT2D eigenvalue weighted by Gasteiger charge is -2.30. The monoisotopic (exact) mass is 378 g/mol. The summed E-state index contributed by atoms with van der Waals surface area (Å²) >= 11 is 2.90. The SMILES string of the molecule is COc1cccc(Nc2nnc(SCC(=O)N3CCC[C@@H](C)C3)s2)c1. The van der Waals surface area contributed by atoms with E-state index in [0.29, 0.717) is 16.8 Å². The zero-order chi connectivity index (χ0) is 17.6. The number of nitrogens with one attached hydrogen (secondary N) is 1. The molecule has 0 spiro atoms. The van der Waals surface area contributed by atoms with Crippen LogP contribution in [0.5, 0.6) is 5.75 Å². The van der Waals surface area contributed by atoms with Crippen LogP contribution < -0.4 is 10.1 Å². The van der Waals surface area contributed by atoms with Crippen molar-refractivity contribution in [3.05, 3.63) is 24.3 Å². The van der Waals surface area contributed by atoms with Crippen LogP contribution in [-0.4, -0.2) is 47.0 Å². The number of methoxy groups -OCH3 is 1. The first kappa shape index (κ1) is 18.0. The van der Waals surface area contributed by atoms with E-state index in [1.165, 1.54) is 29.5 Å². The van der Waals surface area contributed by atoms with Gasteiger partial charge in [-0.15, -0.1) is 10.2 Å². The Labute approximate surface area is 156 Å². The third-order valence-electron chi connectivity index (χ3n) is 4.06. The Morgan fingerprint density at radius 2 is 2.36 bits per heavy atom. The van der Waals surface area contributed by atoms with Crippen molar-refractivity contribution in [2.45, 2.75) is 24.1 Å². The number of hydrogen-bond acceptors (Lipinski definition) is 7. The van der Waals surface area contributed by atoms with Crippen LogP contribution in [0, 0.1) is 5.92 Å². The molecule has 1 N–H and O–H groups in total. The molecule has 0 aliphatic carbocycles. The van der Waals surface area contributed by atoms with E-state index in [9.17, 15) is 4.79 Å². The van der Waals surface area contributed by atoms with Crippen LogP contribution in [0.4, 0.5) is 10.8 Å². The number of benzene rings is 1. The summed E-state index contributed by atoms with van der Waals surface area (Å²) in [5, 5.41) is 12.2. The molecule has 25 heavy (non-hydrogen) atoms. The van der Waals surface area contributed by atoms with Gasteiger partial charge in [0.1, 0.15) is 5.75 Å². The highest BCUT2D eigenvalue weighted by molar-refractivity contribution is 8.01. The van der Waals surface area contributed by atoms with E-state index >= 15 is 0 Å². The Kier molecular flexibility index (Phi) is 6.14. The molecule has 1 atom stereocenters. The van der Waals surface area contributed by atoms with Gasteiger partial charge in [0.2, 0.25) is 11.0 Å². The summed E-state index contributed by atoms with van der Waals surface area (Å²) in [5.74, 6) is 1.99. The first-order valence-electron chi connectivity index (χ1n) is 8.29. The number of hydrogen-bond donors (Lipinski definition) is 1. The molecule has 0 unspecified atom stereocenters. The average Bonchev–Trinajstić information content (AvgIpc) is 3.07. The van der Waals surface area contributed by atoms with E-state index in [-0.39, 0.29) is 5.91 Å². The third-order valence-corrected chi connectivity index (χ3v) is 6.01. The van der Waals surface area contributed by atoms with Crippen LogP contribution in [0.15, 0.2) is 28.6 Å². The summed E-state index contributed by atoms with van der Waals surface area (Å²) in [6, 6.07) is 7.64. The summed E-state index contributed by atoms with van der Waals surface area (Å²) in [4.78, 5) is 14.3. The summed E-state index contributed by atoms with van der Waals surface area (Å²) in [6.45, 7) is 3.95. The van der Waals surface area contributed by atoms with Crippen LogP contribution in [0.3, 0.4) is 0 Å². The van der Waals surface area contributed by atoms with Crippen molar-refractivity contribution in [3.8, 4) is 5.75 Å². The number of aromatic nitrogens is 2. The molecule has 1 aromatic carbocycles. The number of likely N-dealkylation sites (tertiary alicyclic amines) is 1. The maximum atomic E-state index is 12.3. The highest BCUT2D eigenvalue weighted by atomic mass is 32.2. The zero-order valence-electron chi connectivity index (χ0n) is 14.4. The van der Waals surface area contributed by atoms with Crippen LogP contribution >= 0.6 is 23.1 Å². The molecule has 1 fully saturated rings. The van der Waals surface area contributed by atoms with Crippen molar-refractivity contribution in [3.63, 3.8) is 0 Å². The van der Waals surface area contributed by atoms with E-state index in [2.05, 4.69) is 22.4 Å². The van der Waals surface area contributed by atoms with E-state index in [0.717, 1.165) is 35.3 Å². The molecule has 1 aromatic heterocycles. The maximum Gasteiger partial charge on any atom is 0.233 e. The van der Waals surface area contributed by atoms with Gasteiger partial charge in [-0.05, 0) is 30.9 Å².